The second-order valence-electron chi connectivity index (χ2n) is 13.3. The van der Waals surface area contributed by atoms with Gasteiger partial charge in [0.1, 0.15) is 5.82 Å². The molecule has 2 aliphatic rings. The summed E-state index contributed by atoms with van der Waals surface area (Å²) in [4.78, 5) is 23.1. The highest BCUT2D eigenvalue weighted by Gasteiger charge is 2.25. The number of carbonyl (C=O) groups excluding carboxylic acids is 1. The molecule has 1 aromatic heterocycles. The maximum Gasteiger partial charge on any atom is 0.252 e. The van der Waals surface area contributed by atoms with Crippen LogP contribution in [0.5, 0.6) is 0 Å². The lowest BCUT2D eigenvalue weighted by molar-refractivity contribution is 0.0942. The van der Waals surface area contributed by atoms with Crippen molar-refractivity contribution in [2.24, 2.45) is 23.2 Å². The molecule has 1 aliphatic carbocycles. The van der Waals surface area contributed by atoms with Crippen LogP contribution in [0.2, 0.25) is 0 Å². The van der Waals surface area contributed by atoms with Crippen molar-refractivity contribution in [1.82, 2.24) is 15.2 Å². The predicted octanol–water partition coefficient (Wildman–Crippen LogP) is 6.77. The Kier molecular flexibility index (Phi) is 9.50. The first-order valence-electron chi connectivity index (χ1n) is 14.8. The zero-order chi connectivity index (χ0) is 26.4. The number of nitrogens with zero attached hydrogens (tertiary/aromatic N) is 3. The normalized spacial score (nSPS) is 21.5. The van der Waals surface area contributed by atoms with Crippen LogP contribution < -0.4 is 10.2 Å². The lowest BCUT2D eigenvalue weighted by atomic mass is 9.77. The zero-order valence-corrected chi connectivity index (χ0v) is 24.1. The van der Waals surface area contributed by atoms with Crippen LogP contribution in [0.3, 0.4) is 0 Å². The zero-order valence-electron chi connectivity index (χ0n) is 24.1. The summed E-state index contributed by atoms with van der Waals surface area (Å²) >= 11 is 0. The van der Waals surface area contributed by atoms with E-state index in [4.69, 9.17) is 4.98 Å². The number of para-hydroxylation sites is 1. The molecule has 37 heavy (non-hydrogen) atoms. The van der Waals surface area contributed by atoms with Crippen molar-refractivity contribution < 1.29 is 4.79 Å². The molecule has 1 aliphatic heterocycles. The average molecular weight is 507 g/mol. The van der Waals surface area contributed by atoms with Gasteiger partial charge < -0.3 is 15.1 Å². The fourth-order valence-electron chi connectivity index (χ4n) is 6.10. The van der Waals surface area contributed by atoms with Crippen molar-refractivity contribution >= 4 is 22.6 Å². The van der Waals surface area contributed by atoms with Gasteiger partial charge in [0.05, 0.1) is 11.1 Å². The maximum atomic E-state index is 13.5. The van der Waals surface area contributed by atoms with Gasteiger partial charge in [-0.15, -0.1) is 0 Å². The molecule has 1 N–H and O–H groups in total. The number of anilines is 1. The highest BCUT2D eigenvalue weighted by molar-refractivity contribution is 6.07. The first kappa shape index (κ1) is 27.9. The van der Waals surface area contributed by atoms with Crippen molar-refractivity contribution in [3.8, 4) is 0 Å². The molecule has 5 heteroatoms. The van der Waals surface area contributed by atoms with Crippen molar-refractivity contribution in [3.05, 3.63) is 35.9 Å². The Morgan fingerprint density at radius 1 is 0.973 bits per heavy atom. The molecule has 5 nitrogen and oxygen atoms in total. The summed E-state index contributed by atoms with van der Waals surface area (Å²) in [5.74, 6) is 3.25. The van der Waals surface area contributed by atoms with E-state index in [2.05, 4.69) is 50.0 Å². The van der Waals surface area contributed by atoms with Crippen LogP contribution in [0.1, 0.15) is 88.9 Å². The molecular weight excluding hydrogens is 456 g/mol. The predicted molar refractivity (Wildman–Crippen MR) is 156 cm³/mol. The summed E-state index contributed by atoms with van der Waals surface area (Å²) < 4.78 is 0. The molecule has 2 fully saturated rings. The Morgan fingerprint density at radius 2 is 1.62 bits per heavy atom. The number of benzene rings is 1. The number of nitrogens with one attached hydrogen (secondary N) is 1. The lowest BCUT2D eigenvalue weighted by Crippen LogP contribution is -2.35. The molecule has 204 valence electrons. The van der Waals surface area contributed by atoms with Crippen molar-refractivity contribution in [3.63, 3.8) is 0 Å². The summed E-state index contributed by atoms with van der Waals surface area (Å²) in [6, 6.07) is 10.1. The van der Waals surface area contributed by atoms with E-state index in [1.807, 2.05) is 30.3 Å². The number of pyridine rings is 1. The molecule has 4 rings (SSSR count). The Labute approximate surface area is 225 Å². The minimum Gasteiger partial charge on any atom is -0.357 e. The molecule has 0 spiro atoms. The van der Waals surface area contributed by atoms with Gasteiger partial charge in [-0.25, -0.2) is 4.98 Å². The summed E-state index contributed by atoms with van der Waals surface area (Å²) in [5, 5.41) is 4.26. The van der Waals surface area contributed by atoms with Gasteiger partial charge in [0.15, 0.2) is 0 Å². The average Bonchev–Trinajstić information content (AvgIpc) is 2.89. The van der Waals surface area contributed by atoms with Crippen molar-refractivity contribution in [1.29, 1.82) is 0 Å². The first-order chi connectivity index (χ1) is 17.7. The van der Waals surface area contributed by atoms with Gasteiger partial charge in [0, 0.05) is 25.0 Å². The quantitative estimate of drug-likeness (QED) is 0.408. The van der Waals surface area contributed by atoms with E-state index in [1.54, 1.807) is 0 Å². The van der Waals surface area contributed by atoms with E-state index in [1.165, 1.54) is 57.8 Å². The van der Waals surface area contributed by atoms with Crippen molar-refractivity contribution in [2.75, 3.05) is 45.2 Å². The molecule has 2 heterocycles. The number of carbonyl (C=O) groups is 1. The second-order valence-corrected chi connectivity index (χ2v) is 13.3. The maximum absolute atomic E-state index is 13.5. The van der Waals surface area contributed by atoms with Crippen LogP contribution in [0.25, 0.3) is 10.9 Å². The molecule has 0 radical (unpaired) electrons. The van der Waals surface area contributed by atoms with E-state index in [0.29, 0.717) is 11.3 Å². The standard InChI is InChI=1S/C32H50N4O/c1-32(2,3)18-14-24-10-12-26(13-11-24)23-33-31(37)28-22-30(34-29-9-7-6-8-27(28)29)36-20-16-25(17-21-36)15-19-35(4)5/h6-9,22,24-26H,10-21,23H2,1-5H3,(H,33,37). The molecule has 0 bridgehead atoms. The third kappa shape index (κ3) is 8.17. The third-order valence-corrected chi connectivity index (χ3v) is 8.69. The summed E-state index contributed by atoms with van der Waals surface area (Å²) in [6.07, 6.45) is 11.4. The Hall–Kier alpha value is -2.14. The first-order valence-corrected chi connectivity index (χ1v) is 14.8. The van der Waals surface area contributed by atoms with Gasteiger partial charge in [-0.3, -0.25) is 4.79 Å². The third-order valence-electron chi connectivity index (χ3n) is 8.69. The monoisotopic (exact) mass is 506 g/mol. The van der Waals surface area contributed by atoms with Crippen LogP contribution in [0, 0.1) is 23.2 Å². The highest BCUT2D eigenvalue weighted by Crippen LogP contribution is 2.34. The van der Waals surface area contributed by atoms with Gasteiger partial charge in [-0.05, 0) is 101 Å². The molecular formula is C32H50N4O. The van der Waals surface area contributed by atoms with Gasteiger partial charge in [0.2, 0.25) is 0 Å². The molecule has 1 saturated carbocycles. The summed E-state index contributed by atoms with van der Waals surface area (Å²) in [7, 11) is 4.31. The Morgan fingerprint density at radius 3 is 2.30 bits per heavy atom. The van der Waals surface area contributed by atoms with E-state index >= 15 is 0 Å². The number of hydrogen-bond donors (Lipinski definition) is 1. The summed E-state index contributed by atoms with van der Waals surface area (Å²) in [6.45, 7) is 11.0. The number of rotatable bonds is 9. The largest absolute Gasteiger partial charge is 0.357 e. The highest BCUT2D eigenvalue weighted by atomic mass is 16.1. The van der Waals surface area contributed by atoms with E-state index < -0.39 is 0 Å². The van der Waals surface area contributed by atoms with Crippen LogP contribution in [-0.2, 0) is 0 Å². The van der Waals surface area contributed by atoms with Crippen LogP contribution >= 0.6 is 0 Å². The molecule has 1 aromatic carbocycles. The second kappa shape index (κ2) is 12.6. The fraction of sp³-hybridized carbons (Fsp3) is 0.688. The number of fused-ring (bicyclic) bond motifs is 1. The Bertz CT molecular complexity index is 1010. The van der Waals surface area contributed by atoms with Crippen molar-refractivity contribution in [2.45, 2.75) is 78.6 Å². The molecule has 1 amide bonds. The number of amides is 1. The topological polar surface area (TPSA) is 48.5 Å². The smallest absolute Gasteiger partial charge is 0.252 e. The summed E-state index contributed by atoms with van der Waals surface area (Å²) in [5.41, 5.74) is 2.12. The minimum absolute atomic E-state index is 0.0515. The molecule has 2 aromatic rings. The lowest BCUT2D eigenvalue weighted by Gasteiger charge is -2.33. The SMILES string of the molecule is CN(C)CCC1CCN(c2cc(C(=O)NCC3CCC(CCC(C)(C)C)CC3)c3ccccc3n2)CC1. The molecule has 1 saturated heterocycles. The Balaban J connectivity index is 1.35. The number of hydrogen-bond acceptors (Lipinski definition) is 4. The van der Waals surface area contributed by atoms with Gasteiger partial charge in [-0.2, -0.15) is 0 Å². The van der Waals surface area contributed by atoms with E-state index in [0.717, 1.165) is 60.3 Å². The fourth-order valence-corrected chi connectivity index (χ4v) is 6.10. The molecule has 0 unspecified atom stereocenters. The van der Waals surface area contributed by atoms with Gasteiger partial charge >= 0.3 is 0 Å². The van der Waals surface area contributed by atoms with Crippen LogP contribution in [0.4, 0.5) is 5.82 Å². The molecule has 0 atom stereocenters. The van der Waals surface area contributed by atoms with Crippen LogP contribution in [0.15, 0.2) is 30.3 Å². The van der Waals surface area contributed by atoms with Gasteiger partial charge in [-0.1, -0.05) is 51.8 Å². The number of piperidine rings is 1. The number of aromatic nitrogens is 1. The van der Waals surface area contributed by atoms with Crippen LogP contribution in [-0.4, -0.2) is 56.1 Å². The van der Waals surface area contributed by atoms with E-state index in [9.17, 15) is 4.79 Å². The van der Waals surface area contributed by atoms with E-state index in [-0.39, 0.29) is 5.91 Å². The minimum atomic E-state index is 0.0515. The van der Waals surface area contributed by atoms with Gasteiger partial charge in [0.25, 0.3) is 5.91 Å².